The summed E-state index contributed by atoms with van der Waals surface area (Å²) < 4.78 is 18.4. The fourth-order valence-corrected chi connectivity index (χ4v) is 3.93. The topological polar surface area (TPSA) is 61.8 Å². The molecule has 2 saturated heterocycles. The highest BCUT2D eigenvalue weighted by molar-refractivity contribution is 5.76. The van der Waals surface area contributed by atoms with Crippen LogP contribution in [-0.4, -0.2) is 54.8 Å². The fourth-order valence-electron chi connectivity index (χ4n) is 3.93. The van der Waals surface area contributed by atoms with Crippen molar-refractivity contribution in [3.63, 3.8) is 0 Å². The van der Waals surface area contributed by atoms with E-state index in [1.807, 2.05) is 0 Å². The van der Waals surface area contributed by atoms with E-state index < -0.39 is 11.4 Å². The molecular formula is C18H25FN2O3. The molecule has 0 unspecified atom stereocenters. The fraction of sp³-hybridized carbons (Fsp3) is 0.611. The number of rotatable bonds is 6. The van der Waals surface area contributed by atoms with Crippen molar-refractivity contribution in [3.05, 3.63) is 30.1 Å². The molecule has 2 atom stereocenters. The summed E-state index contributed by atoms with van der Waals surface area (Å²) >= 11 is 0. The van der Waals surface area contributed by atoms with Crippen molar-refractivity contribution >= 4 is 5.97 Å². The van der Waals surface area contributed by atoms with E-state index in [4.69, 9.17) is 4.74 Å². The van der Waals surface area contributed by atoms with Gasteiger partial charge in [-0.2, -0.15) is 0 Å². The lowest BCUT2D eigenvalue weighted by Gasteiger charge is -2.48. The van der Waals surface area contributed by atoms with Gasteiger partial charge in [0.05, 0.1) is 12.0 Å². The van der Waals surface area contributed by atoms with Gasteiger partial charge in [0.1, 0.15) is 11.6 Å². The number of benzene rings is 1. The minimum atomic E-state index is -0.674. The first-order chi connectivity index (χ1) is 11.6. The molecule has 1 aromatic rings. The number of nitrogens with one attached hydrogen (secondary N) is 1. The van der Waals surface area contributed by atoms with Crippen LogP contribution in [0.3, 0.4) is 0 Å². The first kappa shape index (κ1) is 17.2. The lowest BCUT2D eigenvalue weighted by Crippen LogP contribution is -2.63. The minimum absolute atomic E-state index is 0.0930. The van der Waals surface area contributed by atoms with Crippen LogP contribution in [0.15, 0.2) is 24.3 Å². The Morgan fingerprint density at radius 1 is 1.42 bits per heavy atom. The van der Waals surface area contributed by atoms with Gasteiger partial charge in [-0.05, 0) is 63.0 Å². The number of fused-ring (bicyclic) bond motifs is 1. The molecule has 0 saturated carbocycles. The third kappa shape index (κ3) is 3.70. The standard InChI is InChI=1S/C18H25FN2O3/c19-14-3-5-15(6-4-14)24-12-2-10-21-11-7-16-18(13-21,17(22)23)8-1-9-20-16/h3-6,16,20H,1-2,7-13H2,(H,22,23)/t16-,18+/m1/s1. The van der Waals surface area contributed by atoms with E-state index in [1.165, 1.54) is 12.1 Å². The smallest absolute Gasteiger partial charge is 0.312 e. The van der Waals surface area contributed by atoms with Crippen LogP contribution in [0.1, 0.15) is 25.7 Å². The summed E-state index contributed by atoms with van der Waals surface area (Å²) in [5.41, 5.74) is -0.645. The third-order valence-corrected chi connectivity index (χ3v) is 5.22. The Kier molecular flexibility index (Phi) is 5.36. The molecule has 5 nitrogen and oxygen atoms in total. The largest absolute Gasteiger partial charge is 0.494 e. The van der Waals surface area contributed by atoms with Crippen LogP contribution >= 0.6 is 0 Å². The number of hydrogen-bond acceptors (Lipinski definition) is 4. The molecule has 3 rings (SSSR count). The van der Waals surface area contributed by atoms with Crippen LogP contribution in [0, 0.1) is 11.2 Å². The number of halogens is 1. The van der Waals surface area contributed by atoms with Crippen molar-refractivity contribution in [2.45, 2.75) is 31.7 Å². The Balaban J connectivity index is 1.47. The minimum Gasteiger partial charge on any atom is -0.494 e. The maximum absolute atomic E-state index is 12.8. The molecule has 0 bridgehead atoms. The van der Waals surface area contributed by atoms with Gasteiger partial charge >= 0.3 is 5.97 Å². The van der Waals surface area contributed by atoms with Gasteiger partial charge in [0, 0.05) is 19.1 Å². The highest BCUT2D eigenvalue weighted by atomic mass is 19.1. The summed E-state index contributed by atoms with van der Waals surface area (Å²) in [4.78, 5) is 14.1. The summed E-state index contributed by atoms with van der Waals surface area (Å²) in [5.74, 6) is -0.286. The average Bonchev–Trinajstić information content (AvgIpc) is 2.60. The number of piperidine rings is 2. The predicted molar refractivity (Wildman–Crippen MR) is 88.7 cm³/mol. The third-order valence-electron chi connectivity index (χ3n) is 5.22. The van der Waals surface area contributed by atoms with Crippen molar-refractivity contribution in [1.29, 1.82) is 0 Å². The number of carboxylic acids is 1. The second kappa shape index (κ2) is 7.49. The van der Waals surface area contributed by atoms with Crippen molar-refractivity contribution in [2.75, 3.05) is 32.8 Å². The lowest BCUT2D eigenvalue weighted by molar-refractivity contribution is -0.157. The van der Waals surface area contributed by atoms with Gasteiger partial charge in [-0.1, -0.05) is 0 Å². The lowest BCUT2D eigenvalue weighted by atomic mass is 9.70. The van der Waals surface area contributed by atoms with E-state index in [0.29, 0.717) is 18.9 Å². The van der Waals surface area contributed by atoms with Gasteiger partial charge in [0.15, 0.2) is 0 Å². The summed E-state index contributed by atoms with van der Waals surface area (Å²) in [6.45, 7) is 3.82. The molecule has 0 spiro atoms. The SMILES string of the molecule is O=C(O)[C@]12CCCN[C@@H]1CCN(CCCOc1ccc(F)cc1)C2. The molecular weight excluding hydrogens is 311 g/mol. The number of nitrogens with zero attached hydrogens (tertiary/aromatic N) is 1. The summed E-state index contributed by atoms with van der Waals surface area (Å²) in [6, 6.07) is 6.09. The normalized spacial score (nSPS) is 27.5. The molecule has 2 N–H and O–H groups in total. The molecule has 2 heterocycles. The zero-order valence-corrected chi connectivity index (χ0v) is 13.8. The second-order valence-electron chi connectivity index (χ2n) is 6.79. The monoisotopic (exact) mass is 336 g/mol. The Hall–Kier alpha value is -1.66. The van der Waals surface area contributed by atoms with Crippen LogP contribution in [0.5, 0.6) is 5.75 Å². The molecule has 2 fully saturated rings. The first-order valence-corrected chi connectivity index (χ1v) is 8.68. The molecule has 132 valence electrons. The molecule has 0 aliphatic carbocycles. The number of hydrogen-bond donors (Lipinski definition) is 2. The van der Waals surface area contributed by atoms with E-state index in [2.05, 4.69) is 10.2 Å². The van der Waals surface area contributed by atoms with Gasteiger partial charge in [0.25, 0.3) is 0 Å². The van der Waals surface area contributed by atoms with Crippen molar-refractivity contribution in [1.82, 2.24) is 10.2 Å². The van der Waals surface area contributed by atoms with E-state index >= 15 is 0 Å². The molecule has 2 aliphatic heterocycles. The van der Waals surface area contributed by atoms with E-state index in [9.17, 15) is 14.3 Å². The molecule has 0 aromatic heterocycles. The predicted octanol–water partition coefficient (Wildman–Crippen LogP) is 2.12. The molecule has 24 heavy (non-hydrogen) atoms. The van der Waals surface area contributed by atoms with Gasteiger partial charge in [-0.3, -0.25) is 4.79 Å². The second-order valence-corrected chi connectivity index (χ2v) is 6.79. The van der Waals surface area contributed by atoms with Crippen LogP contribution in [0.4, 0.5) is 4.39 Å². The van der Waals surface area contributed by atoms with Crippen LogP contribution < -0.4 is 10.1 Å². The quantitative estimate of drug-likeness (QED) is 0.779. The molecule has 2 aliphatic rings. The van der Waals surface area contributed by atoms with Crippen molar-refractivity contribution in [2.24, 2.45) is 5.41 Å². The summed E-state index contributed by atoms with van der Waals surface area (Å²) in [6.07, 6.45) is 3.38. The number of carboxylic acid groups (broad SMARTS) is 1. The Morgan fingerprint density at radius 2 is 2.21 bits per heavy atom. The highest BCUT2D eigenvalue weighted by Gasteiger charge is 2.50. The zero-order chi connectivity index (χ0) is 17.0. The molecule has 1 aromatic carbocycles. The maximum atomic E-state index is 12.8. The van der Waals surface area contributed by atoms with Gasteiger partial charge in [0.2, 0.25) is 0 Å². The Morgan fingerprint density at radius 3 is 2.96 bits per heavy atom. The maximum Gasteiger partial charge on any atom is 0.312 e. The first-order valence-electron chi connectivity index (χ1n) is 8.68. The van der Waals surface area contributed by atoms with E-state index in [-0.39, 0.29) is 11.9 Å². The number of likely N-dealkylation sites (tertiary alicyclic amines) is 1. The zero-order valence-electron chi connectivity index (χ0n) is 13.8. The summed E-state index contributed by atoms with van der Waals surface area (Å²) in [7, 11) is 0. The average molecular weight is 336 g/mol. The van der Waals surface area contributed by atoms with Crippen molar-refractivity contribution < 1.29 is 19.0 Å². The van der Waals surface area contributed by atoms with Crippen LogP contribution in [-0.2, 0) is 4.79 Å². The van der Waals surface area contributed by atoms with E-state index in [1.54, 1.807) is 12.1 Å². The van der Waals surface area contributed by atoms with Crippen molar-refractivity contribution in [3.8, 4) is 5.75 Å². The van der Waals surface area contributed by atoms with E-state index in [0.717, 1.165) is 45.3 Å². The van der Waals surface area contributed by atoms with Gasteiger partial charge < -0.3 is 20.1 Å². The van der Waals surface area contributed by atoms with Gasteiger partial charge in [-0.15, -0.1) is 0 Å². The summed E-state index contributed by atoms with van der Waals surface area (Å²) in [5, 5.41) is 13.2. The molecule has 0 radical (unpaired) electrons. The van der Waals surface area contributed by atoms with Gasteiger partial charge in [-0.25, -0.2) is 4.39 Å². The number of aliphatic carboxylic acids is 1. The Bertz CT molecular complexity index is 566. The van der Waals surface area contributed by atoms with Crippen LogP contribution in [0.25, 0.3) is 0 Å². The molecule has 6 heteroatoms. The highest BCUT2D eigenvalue weighted by Crippen LogP contribution is 2.37. The number of ether oxygens (including phenoxy) is 1. The Labute approximate surface area is 141 Å². The molecule has 0 amide bonds. The van der Waals surface area contributed by atoms with Crippen LogP contribution in [0.2, 0.25) is 0 Å². The number of carbonyl (C=O) groups is 1.